The molecule has 4 heteroatoms. The van der Waals surface area contributed by atoms with Gasteiger partial charge >= 0.3 is 0 Å². The van der Waals surface area contributed by atoms with Crippen LogP contribution >= 0.6 is 12.4 Å². The zero-order valence-electron chi connectivity index (χ0n) is 15.9. The zero-order chi connectivity index (χ0) is 18.8. The van der Waals surface area contributed by atoms with Gasteiger partial charge in [-0.2, -0.15) is 0 Å². The first-order valence-corrected chi connectivity index (χ1v) is 8.72. The molecule has 0 unspecified atom stereocenters. The van der Waals surface area contributed by atoms with Crippen molar-refractivity contribution in [2.24, 2.45) is 0 Å². The molecule has 0 bridgehead atoms. The molecule has 0 aliphatic carbocycles. The van der Waals surface area contributed by atoms with Crippen LogP contribution in [0, 0.1) is 11.8 Å². The first-order chi connectivity index (χ1) is 12.6. The minimum absolute atomic E-state index is 0. The van der Waals surface area contributed by atoms with Crippen molar-refractivity contribution in [1.82, 2.24) is 10.2 Å². The fraction of sp³-hybridized carbons (Fsp3) is 0.261. The summed E-state index contributed by atoms with van der Waals surface area (Å²) in [7, 11) is 3.93. The molecule has 1 N–H and O–H groups in total. The van der Waals surface area contributed by atoms with E-state index in [2.05, 4.69) is 23.7 Å². The SMILES string of the molecule is C=CCC(C(=O)NCC#CCN(C)C)(c1ccccc1)c1ccccc1.Cl. The summed E-state index contributed by atoms with van der Waals surface area (Å²) in [6.07, 6.45) is 2.31. The van der Waals surface area contributed by atoms with E-state index in [1.165, 1.54) is 0 Å². The molecule has 0 heterocycles. The number of hydrogen-bond acceptors (Lipinski definition) is 2. The normalized spacial score (nSPS) is 10.3. The third-order valence-corrected chi connectivity index (χ3v) is 4.23. The Bertz CT molecular complexity index is 737. The summed E-state index contributed by atoms with van der Waals surface area (Å²) in [6.45, 7) is 4.89. The number of carbonyl (C=O) groups is 1. The smallest absolute Gasteiger partial charge is 0.236 e. The maximum absolute atomic E-state index is 13.3. The van der Waals surface area contributed by atoms with Gasteiger partial charge in [0, 0.05) is 0 Å². The molecule has 1 amide bonds. The highest BCUT2D eigenvalue weighted by molar-refractivity contribution is 5.92. The van der Waals surface area contributed by atoms with Crippen LogP contribution in [0.25, 0.3) is 0 Å². The maximum atomic E-state index is 13.3. The summed E-state index contributed by atoms with van der Waals surface area (Å²) in [5, 5.41) is 3.00. The number of carbonyl (C=O) groups excluding carboxylic acids is 1. The summed E-state index contributed by atoms with van der Waals surface area (Å²) in [5.41, 5.74) is 1.09. The van der Waals surface area contributed by atoms with Crippen LogP contribution in [0.3, 0.4) is 0 Å². The van der Waals surface area contributed by atoms with Gasteiger partial charge < -0.3 is 5.32 Å². The Morgan fingerprint density at radius 3 is 2.00 bits per heavy atom. The molecular weight excluding hydrogens is 356 g/mol. The second-order valence-electron chi connectivity index (χ2n) is 6.40. The van der Waals surface area contributed by atoms with Gasteiger partial charge in [-0.25, -0.2) is 0 Å². The van der Waals surface area contributed by atoms with Crippen molar-refractivity contribution < 1.29 is 4.79 Å². The number of nitrogens with zero attached hydrogens (tertiary/aromatic N) is 1. The van der Waals surface area contributed by atoms with Gasteiger partial charge in [0.25, 0.3) is 0 Å². The Hall–Kier alpha value is -2.54. The van der Waals surface area contributed by atoms with Gasteiger partial charge in [-0.3, -0.25) is 9.69 Å². The highest BCUT2D eigenvalue weighted by Gasteiger charge is 2.40. The summed E-state index contributed by atoms with van der Waals surface area (Å²) < 4.78 is 0. The first kappa shape index (κ1) is 22.5. The van der Waals surface area contributed by atoms with Crippen molar-refractivity contribution in [2.75, 3.05) is 27.2 Å². The van der Waals surface area contributed by atoms with E-state index < -0.39 is 5.41 Å². The van der Waals surface area contributed by atoms with Crippen LogP contribution in [0.4, 0.5) is 0 Å². The van der Waals surface area contributed by atoms with E-state index in [1.54, 1.807) is 6.08 Å². The minimum Gasteiger partial charge on any atom is -0.344 e. The predicted molar refractivity (Wildman–Crippen MR) is 115 cm³/mol. The molecule has 2 aromatic rings. The van der Waals surface area contributed by atoms with Crippen molar-refractivity contribution in [2.45, 2.75) is 11.8 Å². The van der Waals surface area contributed by atoms with Crippen LogP contribution in [-0.2, 0) is 10.2 Å². The molecule has 0 fully saturated rings. The van der Waals surface area contributed by atoms with Crippen LogP contribution in [0.1, 0.15) is 17.5 Å². The number of allylic oxidation sites excluding steroid dienone is 1. The topological polar surface area (TPSA) is 32.3 Å². The number of nitrogens with one attached hydrogen (secondary N) is 1. The minimum atomic E-state index is -0.812. The average Bonchev–Trinajstić information content (AvgIpc) is 2.67. The third-order valence-electron chi connectivity index (χ3n) is 4.23. The summed E-state index contributed by atoms with van der Waals surface area (Å²) >= 11 is 0. The monoisotopic (exact) mass is 382 g/mol. The van der Waals surface area contributed by atoms with E-state index in [9.17, 15) is 4.79 Å². The lowest BCUT2D eigenvalue weighted by atomic mass is 9.71. The molecule has 0 saturated heterocycles. The predicted octanol–water partition coefficient (Wildman–Crippen LogP) is 3.65. The molecule has 0 spiro atoms. The average molecular weight is 383 g/mol. The lowest BCUT2D eigenvalue weighted by Crippen LogP contribution is -2.45. The van der Waals surface area contributed by atoms with E-state index in [-0.39, 0.29) is 18.3 Å². The van der Waals surface area contributed by atoms with Crippen molar-refractivity contribution in [3.63, 3.8) is 0 Å². The Morgan fingerprint density at radius 1 is 1.04 bits per heavy atom. The highest BCUT2D eigenvalue weighted by atomic mass is 35.5. The zero-order valence-corrected chi connectivity index (χ0v) is 16.8. The quantitative estimate of drug-likeness (QED) is 0.585. The van der Waals surface area contributed by atoms with Crippen molar-refractivity contribution in [3.8, 4) is 11.8 Å². The van der Waals surface area contributed by atoms with Gasteiger partial charge in [0.15, 0.2) is 0 Å². The molecule has 0 aliphatic rings. The van der Waals surface area contributed by atoms with Crippen LogP contribution in [0.5, 0.6) is 0 Å². The first-order valence-electron chi connectivity index (χ1n) is 8.72. The second-order valence-corrected chi connectivity index (χ2v) is 6.40. The molecular formula is C23H27ClN2O. The molecule has 0 aromatic heterocycles. The van der Waals surface area contributed by atoms with Gasteiger partial charge in [0.1, 0.15) is 5.41 Å². The van der Waals surface area contributed by atoms with Crippen molar-refractivity contribution in [3.05, 3.63) is 84.4 Å². The number of hydrogen-bond donors (Lipinski definition) is 1. The third kappa shape index (κ3) is 5.72. The van der Waals surface area contributed by atoms with E-state index in [0.29, 0.717) is 19.5 Å². The lowest BCUT2D eigenvalue weighted by Gasteiger charge is -2.32. The Kier molecular flexibility index (Phi) is 9.36. The van der Waals surface area contributed by atoms with E-state index in [0.717, 1.165) is 11.1 Å². The lowest BCUT2D eigenvalue weighted by molar-refractivity contribution is -0.125. The standard InChI is InChI=1S/C23H26N2O.ClH/c1-4-17-23(20-13-7-5-8-14-20,21-15-9-6-10-16-21)22(26)24-18-11-12-19-25(2)3;/h4-10,13-16H,1,17-19H2,2-3H3,(H,24,26);1H. The fourth-order valence-corrected chi connectivity index (χ4v) is 2.97. The van der Waals surface area contributed by atoms with Crippen molar-refractivity contribution >= 4 is 18.3 Å². The molecule has 3 nitrogen and oxygen atoms in total. The molecule has 2 aromatic carbocycles. The Balaban J connectivity index is 0.00000364. The largest absolute Gasteiger partial charge is 0.344 e. The number of amides is 1. The van der Waals surface area contributed by atoms with Gasteiger partial charge in [-0.15, -0.1) is 19.0 Å². The molecule has 27 heavy (non-hydrogen) atoms. The molecule has 0 atom stereocenters. The van der Waals surface area contributed by atoms with E-state index >= 15 is 0 Å². The van der Waals surface area contributed by atoms with Gasteiger partial charge in [-0.05, 0) is 31.6 Å². The van der Waals surface area contributed by atoms with Crippen LogP contribution < -0.4 is 5.32 Å². The van der Waals surface area contributed by atoms with Crippen LogP contribution in [-0.4, -0.2) is 38.0 Å². The van der Waals surface area contributed by atoms with E-state index in [4.69, 9.17) is 0 Å². The van der Waals surface area contributed by atoms with Crippen LogP contribution in [0.15, 0.2) is 73.3 Å². The Labute approximate surface area is 168 Å². The molecule has 0 aliphatic heterocycles. The second kappa shape index (κ2) is 11.2. The summed E-state index contributed by atoms with van der Waals surface area (Å²) in [5.74, 6) is 6.00. The van der Waals surface area contributed by atoms with E-state index in [1.807, 2.05) is 79.7 Å². The number of halogens is 1. The number of benzene rings is 2. The van der Waals surface area contributed by atoms with Gasteiger partial charge in [0.2, 0.25) is 5.91 Å². The summed E-state index contributed by atoms with van der Waals surface area (Å²) in [4.78, 5) is 15.3. The fourth-order valence-electron chi connectivity index (χ4n) is 2.97. The molecule has 142 valence electrons. The summed E-state index contributed by atoms with van der Waals surface area (Å²) in [6, 6.07) is 19.7. The Morgan fingerprint density at radius 2 is 1.56 bits per heavy atom. The molecule has 0 saturated carbocycles. The molecule has 2 rings (SSSR count). The van der Waals surface area contributed by atoms with Crippen LogP contribution in [0.2, 0.25) is 0 Å². The maximum Gasteiger partial charge on any atom is 0.236 e. The number of rotatable bonds is 7. The van der Waals surface area contributed by atoms with Gasteiger partial charge in [-0.1, -0.05) is 78.6 Å². The van der Waals surface area contributed by atoms with Gasteiger partial charge in [0.05, 0.1) is 13.1 Å². The molecule has 0 radical (unpaired) electrons. The van der Waals surface area contributed by atoms with Crippen molar-refractivity contribution in [1.29, 1.82) is 0 Å². The highest BCUT2D eigenvalue weighted by Crippen LogP contribution is 2.36.